The van der Waals surface area contributed by atoms with Gasteiger partial charge in [-0.15, -0.1) is 0 Å². The van der Waals surface area contributed by atoms with Gasteiger partial charge in [0.25, 0.3) is 0 Å². The fourth-order valence-corrected chi connectivity index (χ4v) is 15.4. The summed E-state index contributed by atoms with van der Waals surface area (Å²) in [5.74, 6) is 3.90. The van der Waals surface area contributed by atoms with Crippen molar-refractivity contribution in [2.45, 2.75) is 84.9 Å². The molecule has 136 heavy (non-hydrogen) atoms. The van der Waals surface area contributed by atoms with Crippen molar-refractivity contribution in [1.29, 1.82) is 0 Å². The number of benzene rings is 7. The van der Waals surface area contributed by atoms with Crippen LogP contribution < -0.4 is 29.5 Å². The molecule has 0 bridgehead atoms. The van der Waals surface area contributed by atoms with Gasteiger partial charge in [-0.2, -0.15) is 24.9 Å². The van der Waals surface area contributed by atoms with Crippen LogP contribution in [0.4, 0.5) is 11.9 Å². The number of halogens is 5. The summed E-state index contributed by atoms with van der Waals surface area (Å²) in [4.78, 5) is 72.2. The molecule has 0 atom stereocenters. The minimum absolute atomic E-state index is 0.106. The van der Waals surface area contributed by atoms with Crippen LogP contribution in [0.3, 0.4) is 0 Å². The van der Waals surface area contributed by atoms with Gasteiger partial charge in [-0.05, 0) is 133 Å². The lowest BCUT2D eigenvalue weighted by molar-refractivity contribution is 0.00578. The largest absolute Gasteiger partial charge is 0.508 e. The molecule has 10 aromatic heterocycles. The summed E-state index contributed by atoms with van der Waals surface area (Å²) in [6.45, 7) is 20.4. The van der Waals surface area contributed by atoms with E-state index in [1.54, 1.807) is 71.9 Å². The lowest BCUT2D eigenvalue weighted by atomic mass is 9.79. The molecular weight excluding hydrogens is 1840 g/mol. The topological polar surface area (TPSA) is 357 Å². The summed E-state index contributed by atoms with van der Waals surface area (Å²) in [6, 6.07) is 61.0. The second kappa shape index (κ2) is 47.2. The maximum atomic E-state index is 9.87. The van der Waals surface area contributed by atoms with Gasteiger partial charge in [-0.3, -0.25) is 0 Å². The smallest absolute Gasteiger partial charge is 0.494 e. The predicted octanol–water partition coefficient (Wildman–Crippen LogP) is 16.6. The van der Waals surface area contributed by atoms with E-state index in [-0.39, 0.29) is 50.2 Å². The Hall–Kier alpha value is -12.7. The van der Waals surface area contributed by atoms with Crippen LogP contribution in [0.15, 0.2) is 220 Å². The molecule has 13 heterocycles. The van der Waals surface area contributed by atoms with Gasteiger partial charge in [-0.25, -0.2) is 49.8 Å². The van der Waals surface area contributed by atoms with E-state index in [0.29, 0.717) is 161 Å². The maximum absolute atomic E-state index is 9.87. The highest BCUT2D eigenvalue weighted by Crippen LogP contribution is 2.38. The Morgan fingerprint density at radius 3 is 1.18 bits per heavy atom. The number of aromatic nitrogens is 20. The highest BCUT2D eigenvalue weighted by Gasteiger charge is 2.52. The molecule has 34 nitrogen and oxygen atoms in total. The first-order valence-corrected chi connectivity index (χ1v) is 45.5. The van der Waals surface area contributed by atoms with E-state index in [1.165, 1.54) is 6.33 Å². The summed E-state index contributed by atoms with van der Waals surface area (Å²) >= 11 is 29.0. The van der Waals surface area contributed by atoms with Gasteiger partial charge in [0.05, 0.1) is 95.7 Å². The molecule has 0 amide bonds. The lowest BCUT2D eigenvalue weighted by Gasteiger charge is -2.32. The first-order valence-electron chi connectivity index (χ1n) is 43.7. The number of aromatic amines is 1. The number of phenolic OH excluding ortho intramolecular Hbond substituents is 1. The van der Waals surface area contributed by atoms with Crippen LogP contribution in [0.25, 0.3) is 89.6 Å². The molecule has 2 N–H and O–H groups in total. The number of ether oxygens (including phenoxy) is 9. The normalized spacial score (nSPS) is 13.8. The van der Waals surface area contributed by atoms with Crippen LogP contribution in [0.5, 0.6) is 23.0 Å². The Labute approximate surface area is 809 Å². The van der Waals surface area contributed by atoms with Crippen molar-refractivity contribution < 1.29 is 57.0 Å². The quantitative estimate of drug-likeness (QED) is 0.0274. The predicted molar refractivity (Wildman–Crippen MR) is 524 cm³/mol. The molecule has 0 saturated carbocycles. The van der Waals surface area contributed by atoms with Crippen molar-refractivity contribution in [3.63, 3.8) is 0 Å². The third-order valence-electron chi connectivity index (χ3n) is 22.1. The van der Waals surface area contributed by atoms with E-state index in [2.05, 4.69) is 122 Å². The summed E-state index contributed by atoms with van der Waals surface area (Å²) in [7, 11) is 6.30. The van der Waals surface area contributed by atoms with Gasteiger partial charge in [0, 0.05) is 97.5 Å². The zero-order valence-electron chi connectivity index (χ0n) is 76.0. The monoisotopic (exact) mass is 1940 g/mol. The number of aromatic hydroxyl groups is 1. The summed E-state index contributed by atoms with van der Waals surface area (Å²) in [5.41, 5.74) is 15.2. The van der Waals surface area contributed by atoms with Crippen molar-refractivity contribution in [3.8, 4) is 56.8 Å². The molecule has 17 aromatic rings. The highest BCUT2D eigenvalue weighted by atomic mass is 35.5. The number of nitrogens with zero attached hydrogens (tertiary/aromatic N) is 21. The van der Waals surface area contributed by atoms with Gasteiger partial charge in [0.1, 0.15) is 87.5 Å². The number of hydrogen-bond acceptors (Lipinski definition) is 29. The van der Waals surface area contributed by atoms with Crippen molar-refractivity contribution in [1.82, 2.24) is 98.0 Å². The number of rotatable bonds is 27. The number of anilines is 2. The number of imidazole rings is 5. The Morgan fingerprint density at radius 2 is 0.750 bits per heavy atom. The molecule has 0 aliphatic carbocycles. The third-order valence-corrected chi connectivity index (χ3v) is 23.2. The van der Waals surface area contributed by atoms with Crippen LogP contribution in [0, 0.1) is 0 Å². The molecular formula is C96H100BCl5N22O12. The van der Waals surface area contributed by atoms with E-state index in [9.17, 15) is 5.11 Å². The minimum atomic E-state index is -0.361. The molecule has 0 unspecified atom stereocenters. The average molecular weight is 1940 g/mol. The van der Waals surface area contributed by atoms with Crippen molar-refractivity contribution >= 4 is 138 Å². The lowest BCUT2D eigenvalue weighted by Crippen LogP contribution is -2.41. The zero-order chi connectivity index (χ0) is 94.9. The Balaban J connectivity index is 0.000000127. The zero-order valence-corrected chi connectivity index (χ0v) is 79.8. The minimum Gasteiger partial charge on any atom is -0.508 e. The number of phenols is 1. The Bertz CT molecular complexity index is 6760. The van der Waals surface area contributed by atoms with Crippen molar-refractivity contribution in [2.75, 3.05) is 117 Å². The number of nitrogens with one attached hydrogen (secondary N) is 1. The number of fused-ring (bicyclic) bond motifs is 5. The number of hydrogen-bond donors (Lipinski definition) is 2. The van der Waals surface area contributed by atoms with Crippen LogP contribution in [-0.4, -0.2) is 229 Å². The van der Waals surface area contributed by atoms with Gasteiger partial charge in [-0.1, -0.05) is 163 Å². The molecule has 0 spiro atoms. The molecule has 704 valence electrons. The molecule has 3 aliphatic rings. The van der Waals surface area contributed by atoms with Crippen LogP contribution >= 0.6 is 58.0 Å². The number of H-pyrrole nitrogens is 1. The Morgan fingerprint density at radius 1 is 0.382 bits per heavy atom. The van der Waals surface area contributed by atoms with E-state index >= 15 is 0 Å². The molecule has 3 fully saturated rings. The maximum Gasteiger partial charge on any atom is 0.494 e. The van der Waals surface area contributed by atoms with Gasteiger partial charge < -0.3 is 90.1 Å². The van der Waals surface area contributed by atoms with E-state index < -0.39 is 0 Å². The molecule has 3 aliphatic heterocycles. The summed E-state index contributed by atoms with van der Waals surface area (Å²) in [5, 5.41) is 10.8. The molecule has 40 heteroatoms. The van der Waals surface area contributed by atoms with Gasteiger partial charge in [0.2, 0.25) is 27.7 Å². The number of methoxy groups -OCH3 is 4. The fourth-order valence-electron chi connectivity index (χ4n) is 14.3. The van der Waals surface area contributed by atoms with Crippen LogP contribution in [0.1, 0.15) is 44.4 Å². The van der Waals surface area contributed by atoms with Gasteiger partial charge in [0.15, 0.2) is 38.5 Å². The molecule has 20 rings (SSSR count). The van der Waals surface area contributed by atoms with Crippen LogP contribution in [0.2, 0.25) is 26.2 Å². The van der Waals surface area contributed by atoms with Crippen molar-refractivity contribution in [3.05, 3.63) is 263 Å². The third kappa shape index (κ3) is 25.3. The van der Waals surface area contributed by atoms with Crippen LogP contribution in [-0.2, 0) is 83.7 Å². The van der Waals surface area contributed by atoms with E-state index in [4.69, 9.17) is 130 Å². The Kier molecular flexibility index (Phi) is 33.9. The van der Waals surface area contributed by atoms with Gasteiger partial charge >= 0.3 is 7.12 Å². The van der Waals surface area contributed by atoms with E-state index in [1.807, 2.05) is 164 Å². The average Bonchev–Trinajstić information content (AvgIpc) is 1.63. The molecule has 0 radical (unpaired) electrons. The molecule has 7 aromatic carbocycles. The second-order valence-electron chi connectivity index (χ2n) is 32.0. The summed E-state index contributed by atoms with van der Waals surface area (Å²) in [6.07, 6.45) is 8.42. The second-order valence-corrected chi connectivity index (χ2v) is 33.7. The standard InChI is InChI=1S/C25H27N5O3.C21H19ClN4O2.C19H23BO3.C18H21N5O3.C8H8Cl2N4O.C5H2Cl2N4/c1-31-13-10-30-18-26-23-22(27-25(28-24(23)30)29-11-14-32-15-12-29)20-8-5-9-21(16-20)33-17-19-6-3-2-4-7-19;1-27-11-10-26-14-23-19-18(24-21(22)25-20(19)26)16-8-5-9-17(12-16)28-13-15-6-3-2-4-7-15;1-18(2)19(3,4)23-20(22-18)16-11-8-12-17(13-16)21-14-15-9-6-5-7-10-15;1-25-8-5-23-12-19-16-15(13-3-2-4-14(24)11-13)20-18(21-17(16)23)22-6-9-26-10-7-22;1-15-3-2-14-4-11-5-6(9)12-8(10)13-7(5)14;6-3-2-4(9-1-8-2)11-5(7)10-3/h2-9,16,18H,10-15,17H2,1H3;2-9,12,14H,10-11,13H2,1H3;5-13H,14H2,1-4H3;2-4,11-12,24H,5-10H2,1H3;4H,2-3H2,1H3;1H,(H,8,9,10,11). The molecule has 3 saturated heterocycles. The highest BCUT2D eigenvalue weighted by molar-refractivity contribution is 6.62. The first-order chi connectivity index (χ1) is 66.2. The fraction of sp³-hybridized carbons (Fsp3) is 0.302. The van der Waals surface area contributed by atoms with E-state index in [0.717, 1.165) is 105 Å². The number of morpholine rings is 2. The first kappa shape index (κ1) is 97.8. The summed E-state index contributed by atoms with van der Waals surface area (Å²) < 4.78 is 69.3. The van der Waals surface area contributed by atoms with Crippen molar-refractivity contribution in [2.24, 2.45) is 0 Å². The SMILES string of the molecule is CC1(C)OB(c2cccc(OCc3ccccc3)c2)OC1(C)C.COCCn1cnc2c(-c3cccc(O)c3)nc(N3CCOCC3)nc21.COCCn1cnc2c(-c3cccc(OCc4ccccc4)c3)nc(Cl)nc21.COCCn1cnc2c(-c3cccc(OCc4ccccc4)c3)nc(N3CCOCC3)nc21.COCCn1cnc2c(Cl)nc(Cl)nc21.Clc1nc(Cl)c2[nH]cnc2n1.